The first kappa shape index (κ1) is 20.3. The summed E-state index contributed by atoms with van der Waals surface area (Å²) in [5, 5.41) is 11.8. The van der Waals surface area contributed by atoms with Gasteiger partial charge in [0.15, 0.2) is 5.13 Å². The number of benzene rings is 2. The maximum atomic E-state index is 12.9. The highest BCUT2D eigenvalue weighted by Crippen LogP contribution is 2.32. The van der Waals surface area contributed by atoms with Crippen LogP contribution in [0.1, 0.15) is 22.3 Å². The van der Waals surface area contributed by atoms with Crippen molar-refractivity contribution in [2.24, 2.45) is 0 Å². The molecule has 7 nitrogen and oxygen atoms in total. The molecule has 1 amide bonds. The number of nitro benzene ring substituents is 1. The molecule has 1 saturated heterocycles. The number of nitrogens with zero attached hydrogens (tertiary/aromatic N) is 4. The Morgan fingerprint density at radius 3 is 2.40 bits per heavy atom. The number of aryl methyl sites for hydroxylation is 3. The summed E-state index contributed by atoms with van der Waals surface area (Å²) in [6.07, 6.45) is 0.433. The molecule has 0 bridgehead atoms. The molecule has 2 aromatic carbocycles. The molecule has 156 valence electrons. The number of anilines is 1. The van der Waals surface area contributed by atoms with Crippen LogP contribution < -0.4 is 4.90 Å². The quantitative estimate of drug-likeness (QED) is 0.467. The fraction of sp³-hybridized carbons (Fsp3) is 0.364. The van der Waals surface area contributed by atoms with Gasteiger partial charge in [-0.2, -0.15) is 0 Å². The van der Waals surface area contributed by atoms with Crippen molar-refractivity contribution in [1.29, 1.82) is 0 Å². The number of piperazine rings is 1. The molecule has 1 aromatic heterocycles. The second-order valence-corrected chi connectivity index (χ2v) is 8.84. The Bertz CT molecular complexity index is 1110. The van der Waals surface area contributed by atoms with Crippen molar-refractivity contribution in [1.82, 2.24) is 9.88 Å². The minimum atomic E-state index is -0.388. The Balaban J connectivity index is 1.42. The van der Waals surface area contributed by atoms with Gasteiger partial charge in [0.05, 0.1) is 21.6 Å². The van der Waals surface area contributed by atoms with Gasteiger partial charge in [-0.1, -0.05) is 29.0 Å². The number of nitro groups is 1. The minimum Gasteiger partial charge on any atom is -0.345 e. The first-order chi connectivity index (χ1) is 14.3. The van der Waals surface area contributed by atoms with Crippen molar-refractivity contribution in [3.8, 4) is 0 Å². The van der Waals surface area contributed by atoms with Crippen molar-refractivity contribution in [3.63, 3.8) is 0 Å². The highest BCUT2D eigenvalue weighted by molar-refractivity contribution is 7.22. The average Bonchev–Trinajstić information content (AvgIpc) is 3.14. The third kappa shape index (κ3) is 4.00. The smallest absolute Gasteiger partial charge is 0.270 e. The Kier molecular flexibility index (Phi) is 5.42. The summed E-state index contributed by atoms with van der Waals surface area (Å²) in [4.78, 5) is 32.2. The summed E-state index contributed by atoms with van der Waals surface area (Å²) in [6, 6.07) is 9.01. The van der Waals surface area contributed by atoms with Crippen LogP contribution in [0.25, 0.3) is 10.2 Å². The zero-order valence-corrected chi connectivity index (χ0v) is 18.2. The summed E-state index contributed by atoms with van der Waals surface area (Å²) in [7, 11) is 0. The molecule has 1 aliphatic heterocycles. The molecule has 4 rings (SSSR count). The lowest BCUT2D eigenvalue weighted by Crippen LogP contribution is -2.49. The molecular weight excluding hydrogens is 400 g/mol. The Morgan fingerprint density at radius 1 is 1.10 bits per heavy atom. The average molecular weight is 425 g/mol. The van der Waals surface area contributed by atoms with Crippen LogP contribution in [0.15, 0.2) is 30.3 Å². The third-order valence-corrected chi connectivity index (χ3v) is 6.72. The number of hydrogen-bond acceptors (Lipinski definition) is 6. The number of fused-ring (bicyclic) bond motifs is 1. The Labute approximate surface area is 179 Å². The van der Waals surface area contributed by atoms with Crippen LogP contribution >= 0.6 is 11.3 Å². The van der Waals surface area contributed by atoms with E-state index in [1.807, 2.05) is 4.90 Å². The summed E-state index contributed by atoms with van der Waals surface area (Å²) < 4.78 is 0.808. The van der Waals surface area contributed by atoms with Gasteiger partial charge in [0.25, 0.3) is 5.69 Å². The highest BCUT2D eigenvalue weighted by Gasteiger charge is 2.24. The first-order valence-electron chi connectivity index (χ1n) is 9.96. The second kappa shape index (κ2) is 8.02. The zero-order valence-electron chi connectivity index (χ0n) is 17.3. The fourth-order valence-corrected chi connectivity index (χ4v) is 5.10. The van der Waals surface area contributed by atoms with Gasteiger partial charge in [-0.05, 0) is 43.5 Å². The number of aromatic nitrogens is 1. The van der Waals surface area contributed by atoms with E-state index in [2.05, 4.69) is 42.8 Å². The molecule has 0 unspecified atom stereocenters. The summed E-state index contributed by atoms with van der Waals surface area (Å²) >= 11 is 1.46. The summed E-state index contributed by atoms with van der Waals surface area (Å²) in [5.74, 6) is 0.157. The number of non-ortho nitro benzene ring substituents is 1. The number of amides is 1. The number of thiazole rings is 1. The molecule has 2 heterocycles. The summed E-state index contributed by atoms with van der Waals surface area (Å²) in [6.45, 7) is 8.93. The lowest BCUT2D eigenvalue weighted by atomic mass is 9.97. The van der Waals surface area contributed by atoms with Gasteiger partial charge in [-0.25, -0.2) is 4.98 Å². The monoisotopic (exact) mass is 424 g/mol. The van der Waals surface area contributed by atoms with Crippen LogP contribution in [0.3, 0.4) is 0 Å². The molecule has 1 aliphatic rings. The van der Waals surface area contributed by atoms with E-state index >= 15 is 0 Å². The van der Waals surface area contributed by atoms with E-state index in [1.54, 1.807) is 12.1 Å². The minimum absolute atomic E-state index is 0.0785. The van der Waals surface area contributed by atoms with E-state index in [9.17, 15) is 14.9 Å². The van der Waals surface area contributed by atoms with E-state index in [-0.39, 0.29) is 16.5 Å². The van der Waals surface area contributed by atoms with Crippen LogP contribution in [0, 0.1) is 30.9 Å². The van der Waals surface area contributed by atoms with Crippen molar-refractivity contribution in [2.75, 3.05) is 31.1 Å². The fourth-order valence-electron chi connectivity index (χ4n) is 4.05. The van der Waals surface area contributed by atoms with E-state index in [4.69, 9.17) is 0 Å². The van der Waals surface area contributed by atoms with Crippen LogP contribution in [0.2, 0.25) is 0 Å². The molecule has 0 atom stereocenters. The van der Waals surface area contributed by atoms with Crippen molar-refractivity contribution in [2.45, 2.75) is 27.2 Å². The number of hydrogen-bond donors (Lipinski definition) is 0. The number of rotatable bonds is 4. The molecule has 0 radical (unpaired) electrons. The SMILES string of the molecule is Cc1cc(C)c(CC(=O)N2CCN(c3nc4ccc([N+](=O)[O-])cc4s3)CC2)c(C)c1. The molecular formula is C22H24N4O3S. The third-order valence-electron chi connectivity index (χ3n) is 5.64. The van der Waals surface area contributed by atoms with Gasteiger partial charge in [0, 0.05) is 38.3 Å². The Morgan fingerprint density at radius 2 is 1.77 bits per heavy atom. The predicted octanol–water partition coefficient (Wildman–Crippen LogP) is 4.02. The highest BCUT2D eigenvalue weighted by atomic mass is 32.1. The van der Waals surface area contributed by atoms with Crippen molar-refractivity contribution >= 4 is 38.3 Å². The maximum absolute atomic E-state index is 12.9. The Hall–Kier alpha value is -3.00. The van der Waals surface area contributed by atoms with E-state index < -0.39 is 0 Å². The number of carbonyl (C=O) groups excluding carboxylic acids is 1. The number of carbonyl (C=O) groups is 1. The standard InChI is InChI=1S/C22H24N4O3S/c1-14-10-15(2)18(16(3)11-14)13-21(27)24-6-8-25(9-7-24)22-23-19-5-4-17(26(28)29)12-20(19)30-22/h4-5,10-12H,6-9,13H2,1-3H3. The normalized spacial score (nSPS) is 14.4. The van der Waals surface area contributed by atoms with Gasteiger partial charge < -0.3 is 9.80 Å². The predicted molar refractivity (Wildman–Crippen MR) is 119 cm³/mol. The van der Waals surface area contributed by atoms with Crippen LogP contribution in [-0.4, -0.2) is 46.9 Å². The maximum Gasteiger partial charge on any atom is 0.270 e. The lowest BCUT2D eigenvalue weighted by molar-refractivity contribution is -0.384. The van der Waals surface area contributed by atoms with Gasteiger partial charge in [0.1, 0.15) is 0 Å². The largest absolute Gasteiger partial charge is 0.345 e. The van der Waals surface area contributed by atoms with Gasteiger partial charge in [-0.15, -0.1) is 0 Å². The molecule has 0 spiro atoms. The lowest BCUT2D eigenvalue weighted by Gasteiger charge is -2.34. The summed E-state index contributed by atoms with van der Waals surface area (Å²) in [5.41, 5.74) is 5.53. The van der Waals surface area contributed by atoms with Crippen molar-refractivity contribution < 1.29 is 9.72 Å². The molecule has 0 saturated carbocycles. The first-order valence-corrected chi connectivity index (χ1v) is 10.8. The van der Waals surface area contributed by atoms with E-state index in [1.165, 1.54) is 34.1 Å². The van der Waals surface area contributed by atoms with Crippen molar-refractivity contribution in [3.05, 3.63) is 62.7 Å². The molecule has 0 N–H and O–H groups in total. The van der Waals surface area contributed by atoms with Crippen LogP contribution in [0.5, 0.6) is 0 Å². The molecule has 0 aliphatic carbocycles. The molecule has 3 aromatic rings. The molecule has 30 heavy (non-hydrogen) atoms. The van der Waals surface area contributed by atoms with E-state index in [0.29, 0.717) is 32.6 Å². The topological polar surface area (TPSA) is 79.6 Å². The van der Waals surface area contributed by atoms with Crippen LogP contribution in [-0.2, 0) is 11.2 Å². The van der Waals surface area contributed by atoms with Gasteiger partial charge >= 0.3 is 0 Å². The van der Waals surface area contributed by atoms with Gasteiger partial charge in [-0.3, -0.25) is 14.9 Å². The van der Waals surface area contributed by atoms with Gasteiger partial charge in [0.2, 0.25) is 5.91 Å². The molecule has 1 fully saturated rings. The van der Waals surface area contributed by atoms with Crippen LogP contribution in [0.4, 0.5) is 10.8 Å². The second-order valence-electron chi connectivity index (χ2n) is 7.83. The zero-order chi connectivity index (χ0) is 21.4. The molecule has 8 heteroatoms. The van der Waals surface area contributed by atoms with E-state index in [0.717, 1.165) is 20.9 Å².